The molecule has 2 rings (SSSR count). The molecule has 2 N–H and O–H groups in total. The van der Waals surface area contributed by atoms with Crippen LogP contribution in [0.4, 0.5) is 0 Å². The number of aryl methyl sites for hydroxylation is 1. The van der Waals surface area contributed by atoms with E-state index in [1.54, 1.807) is 7.11 Å². The molecule has 0 saturated carbocycles. The van der Waals surface area contributed by atoms with Crippen LogP contribution in [0.3, 0.4) is 0 Å². The SMILES string of the molecule is COc1ccc(CCCC(=O)NC2CNCCC2C)cc1. The Balaban J connectivity index is 1.68. The summed E-state index contributed by atoms with van der Waals surface area (Å²) in [5.41, 5.74) is 1.25. The number of hydrogen-bond acceptors (Lipinski definition) is 3. The molecule has 4 nitrogen and oxygen atoms in total. The number of ether oxygens (including phenoxy) is 1. The summed E-state index contributed by atoms with van der Waals surface area (Å²) in [5.74, 6) is 1.61. The van der Waals surface area contributed by atoms with Gasteiger partial charge in [-0.3, -0.25) is 4.79 Å². The highest BCUT2D eigenvalue weighted by Gasteiger charge is 2.22. The van der Waals surface area contributed by atoms with Crippen molar-refractivity contribution in [2.45, 2.75) is 38.6 Å². The third-order valence-corrected chi connectivity index (χ3v) is 4.20. The fourth-order valence-electron chi connectivity index (χ4n) is 2.71. The van der Waals surface area contributed by atoms with Crippen LogP contribution in [0.2, 0.25) is 0 Å². The van der Waals surface area contributed by atoms with E-state index in [-0.39, 0.29) is 11.9 Å². The summed E-state index contributed by atoms with van der Waals surface area (Å²) in [6.45, 7) is 4.17. The Morgan fingerprint density at radius 2 is 2.14 bits per heavy atom. The highest BCUT2D eigenvalue weighted by atomic mass is 16.5. The number of hydrogen-bond donors (Lipinski definition) is 2. The highest BCUT2D eigenvalue weighted by molar-refractivity contribution is 5.76. The Hall–Kier alpha value is -1.55. The summed E-state index contributed by atoms with van der Waals surface area (Å²) in [7, 11) is 1.67. The Labute approximate surface area is 127 Å². The van der Waals surface area contributed by atoms with Crippen LogP contribution in [0.5, 0.6) is 5.75 Å². The molecule has 116 valence electrons. The first-order valence-electron chi connectivity index (χ1n) is 7.82. The van der Waals surface area contributed by atoms with Gasteiger partial charge in [0.15, 0.2) is 0 Å². The lowest BCUT2D eigenvalue weighted by atomic mass is 9.94. The van der Waals surface area contributed by atoms with Crippen molar-refractivity contribution in [3.8, 4) is 5.75 Å². The van der Waals surface area contributed by atoms with Gasteiger partial charge in [0.25, 0.3) is 0 Å². The Morgan fingerprint density at radius 3 is 2.81 bits per heavy atom. The largest absolute Gasteiger partial charge is 0.497 e. The molecule has 2 unspecified atom stereocenters. The number of rotatable bonds is 6. The first-order valence-corrected chi connectivity index (χ1v) is 7.82. The quantitative estimate of drug-likeness (QED) is 0.844. The lowest BCUT2D eigenvalue weighted by Crippen LogP contribution is -2.50. The maximum Gasteiger partial charge on any atom is 0.220 e. The van der Waals surface area contributed by atoms with Crippen LogP contribution >= 0.6 is 0 Å². The first kappa shape index (κ1) is 15.8. The fourth-order valence-corrected chi connectivity index (χ4v) is 2.71. The van der Waals surface area contributed by atoms with Crippen molar-refractivity contribution in [2.24, 2.45) is 5.92 Å². The normalized spacial score (nSPS) is 21.8. The Bertz CT molecular complexity index is 445. The van der Waals surface area contributed by atoms with Gasteiger partial charge >= 0.3 is 0 Å². The summed E-state index contributed by atoms with van der Waals surface area (Å²) in [5, 5.41) is 6.49. The third-order valence-electron chi connectivity index (χ3n) is 4.20. The van der Waals surface area contributed by atoms with Crippen LogP contribution < -0.4 is 15.4 Å². The topological polar surface area (TPSA) is 50.4 Å². The molecule has 1 aliphatic rings. The predicted octanol–water partition coefficient (Wildman–Crippen LogP) is 2.13. The summed E-state index contributed by atoms with van der Waals surface area (Å²) in [4.78, 5) is 12.0. The number of carbonyl (C=O) groups excluding carboxylic acids is 1. The molecule has 0 spiro atoms. The minimum atomic E-state index is 0.170. The molecule has 0 aliphatic carbocycles. The third kappa shape index (κ3) is 5.05. The van der Waals surface area contributed by atoms with E-state index >= 15 is 0 Å². The van der Waals surface area contributed by atoms with Crippen LogP contribution in [0.1, 0.15) is 31.7 Å². The number of piperidine rings is 1. The molecule has 0 radical (unpaired) electrons. The number of nitrogens with one attached hydrogen (secondary N) is 2. The molecular weight excluding hydrogens is 264 g/mol. The number of amides is 1. The van der Waals surface area contributed by atoms with Gasteiger partial charge in [-0.05, 0) is 49.4 Å². The fraction of sp³-hybridized carbons (Fsp3) is 0.588. The van der Waals surface area contributed by atoms with Crippen LogP contribution in [-0.2, 0) is 11.2 Å². The van der Waals surface area contributed by atoms with Crippen molar-refractivity contribution in [3.63, 3.8) is 0 Å². The maximum atomic E-state index is 12.0. The molecule has 2 atom stereocenters. The van der Waals surface area contributed by atoms with Crippen molar-refractivity contribution in [2.75, 3.05) is 20.2 Å². The van der Waals surface area contributed by atoms with E-state index in [0.29, 0.717) is 12.3 Å². The molecule has 1 aromatic rings. The lowest BCUT2D eigenvalue weighted by molar-refractivity contribution is -0.122. The van der Waals surface area contributed by atoms with Gasteiger partial charge in [-0.2, -0.15) is 0 Å². The van der Waals surface area contributed by atoms with Gasteiger partial charge in [-0.15, -0.1) is 0 Å². The Morgan fingerprint density at radius 1 is 1.38 bits per heavy atom. The number of benzene rings is 1. The zero-order valence-electron chi connectivity index (χ0n) is 13.0. The van der Waals surface area contributed by atoms with Crippen molar-refractivity contribution >= 4 is 5.91 Å². The van der Waals surface area contributed by atoms with Gasteiger partial charge < -0.3 is 15.4 Å². The van der Waals surface area contributed by atoms with Crippen LogP contribution in [0, 0.1) is 5.92 Å². The van der Waals surface area contributed by atoms with Gasteiger partial charge in [0, 0.05) is 19.0 Å². The summed E-state index contributed by atoms with van der Waals surface area (Å²) >= 11 is 0. The zero-order valence-corrected chi connectivity index (χ0v) is 13.0. The van der Waals surface area contributed by atoms with Gasteiger partial charge in [-0.25, -0.2) is 0 Å². The van der Waals surface area contributed by atoms with Crippen molar-refractivity contribution in [1.29, 1.82) is 0 Å². The van der Waals surface area contributed by atoms with Crippen LogP contribution in [-0.4, -0.2) is 32.1 Å². The summed E-state index contributed by atoms with van der Waals surface area (Å²) in [6.07, 6.45) is 3.54. The second-order valence-electron chi connectivity index (χ2n) is 5.85. The Kier molecular flexibility index (Phi) is 6.05. The van der Waals surface area contributed by atoms with E-state index in [1.807, 2.05) is 12.1 Å². The van der Waals surface area contributed by atoms with E-state index in [0.717, 1.165) is 38.1 Å². The molecule has 0 bridgehead atoms. The molecule has 1 heterocycles. The van der Waals surface area contributed by atoms with E-state index in [1.165, 1.54) is 5.56 Å². The molecule has 1 aromatic carbocycles. The van der Waals surface area contributed by atoms with E-state index in [9.17, 15) is 4.79 Å². The van der Waals surface area contributed by atoms with Crippen LogP contribution in [0.25, 0.3) is 0 Å². The monoisotopic (exact) mass is 290 g/mol. The van der Waals surface area contributed by atoms with E-state index < -0.39 is 0 Å². The number of carbonyl (C=O) groups is 1. The second-order valence-corrected chi connectivity index (χ2v) is 5.85. The smallest absolute Gasteiger partial charge is 0.220 e. The standard InChI is InChI=1S/C17H26N2O2/c1-13-10-11-18-12-16(13)19-17(20)5-3-4-14-6-8-15(21-2)9-7-14/h6-9,13,16,18H,3-5,10-12H2,1-2H3,(H,19,20). The predicted molar refractivity (Wildman–Crippen MR) is 84.5 cm³/mol. The second kappa shape index (κ2) is 8.03. The molecule has 0 aromatic heterocycles. The van der Waals surface area contributed by atoms with E-state index in [4.69, 9.17) is 4.74 Å². The van der Waals surface area contributed by atoms with E-state index in [2.05, 4.69) is 29.7 Å². The minimum absolute atomic E-state index is 0.170. The van der Waals surface area contributed by atoms with Crippen molar-refractivity contribution in [3.05, 3.63) is 29.8 Å². The maximum absolute atomic E-state index is 12.0. The molecule has 21 heavy (non-hydrogen) atoms. The average Bonchev–Trinajstić information content (AvgIpc) is 2.50. The van der Waals surface area contributed by atoms with Gasteiger partial charge in [0.05, 0.1) is 7.11 Å². The van der Waals surface area contributed by atoms with Crippen molar-refractivity contribution in [1.82, 2.24) is 10.6 Å². The molecule has 4 heteroatoms. The zero-order chi connectivity index (χ0) is 15.1. The minimum Gasteiger partial charge on any atom is -0.497 e. The lowest BCUT2D eigenvalue weighted by Gasteiger charge is -2.30. The van der Waals surface area contributed by atoms with Crippen molar-refractivity contribution < 1.29 is 9.53 Å². The summed E-state index contributed by atoms with van der Waals surface area (Å²) in [6, 6.07) is 8.33. The molecular formula is C17H26N2O2. The summed E-state index contributed by atoms with van der Waals surface area (Å²) < 4.78 is 5.14. The first-order chi connectivity index (χ1) is 10.2. The average molecular weight is 290 g/mol. The molecule has 1 amide bonds. The number of methoxy groups -OCH3 is 1. The van der Waals surface area contributed by atoms with Crippen LogP contribution in [0.15, 0.2) is 24.3 Å². The highest BCUT2D eigenvalue weighted by Crippen LogP contribution is 2.14. The van der Waals surface area contributed by atoms with Gasteiger partial charge in [-0.1, -0.05) is 19.1 Å². The van der Waals surface area contributed by atoms with Gasteiger partial charge in [0.2, 0.25) is 5.91 Å². The molecule has 1 fully saturated rings. The molecule has 1 saturated heterocycles. The molecule has 1 aliphatic heterocycles. The van der Waals surface area contributed by atoms with Gasteiger partial charge in [0.1, 0.15) is 5.75 Å².